The molecule has 9 nitrogen and oxygen atoms in total. The molecule has 0 bridgehead atoms. The van der Waals surface area contributed by atoms with Gasteiger partial charge in [-0.1, -0.05) is 11.8 Å². The zero-order chi connectivity index (χ0) is 14.9. The summed E-state index contributed by atoms with van der Waals surface area (Å²) < 4.78 is 5.13. The fourth-order valence-electron chi connectivity index (χ4n) is 1.78. The van der Waals surface area contributed by atoms with Crippen molar-refractivity contribution in [3.05, 3.63) is 10.4 Å². The first-order chi connectivity index (χ1) is 9.43. The quantitative estimate of drug-likeness (QED) is 0.273. The van der Waals surface area contributed by atoms with E-state index in [0.29, 0.717) is 5.16 Å². The Bertz CT molecular complexity index is 539. The summed E-state index contributed by atoms with van der Waals surface area (Å²) in [6.45, 7) is -0.177. The van der Waals surface area contributed by atoms with E-state index in [2.05, 4.69) is 15.3 Å². The SMILES string of the molecule is CSc1nc(N)c(N[C@@H]2OC[C@@H](O)[C@H](O)[C@H]2O)c(=O)[nH]1. The summed E-state index contributed by atoms with van der Waals surface area (Å²) in [5.41, 5.74) is 5.09. The lowest BCUT2D eigenvalue weighted by molar-refractivity contribution is -0.178. The molecule has 1 saturated heterocycles. The zero-order valence-electron chi connectivity index (χ0n) is 10.6. The highest BCUT2D eigenvalue weighted by Crippen LogP contribution is 2.20. The van der Waals surface area contributed by atoms with Gasteiger partial charge in [0.25, 0.3) is 5.56 Å². The highest BCUT2D eigenvalue weighted by molar-refractivity contribution is 7.98. The number of aromatic amines is 1. The second kappa shape index (κ2) is 5.97. The number of nitrogens with zero attached hydrogens (tertiary/aromatic N) is 1. The number of hydrogen-bond donors (Lipinski definition) is 6. The van der Waals surface area contributed by atoms with E-state index >= 15 is 0 Å². The fourth-order valence-corrected chi connectivity index (χ4v) is 2.17. The van der Waals surface area contributed by atoms with Crippen molar-refractivity contribution in [2.75, 3.05) is 23.9 Å². The van der Waals surface area contributed by atoms with Crippen molar-refractivity contribution in [1.82, 2.24) is 9.97 Å². The van der Waals surface area contributed by atoms with Gasteiger partial charge in [-0.2, -0.15) is 0 Å². The molecule has 1 fully saturated rings. The smallest absolute Gasteiger partial charge is 0.277 e. The average molecular weight is 304 g/mol. The van der Waals surface area contributed by atoms with Gasteiger partial charge in [0.1, 0.15) is 24.0 Å². The van der Waals surface area contributed by atoms with Crippen LogP contribution in [0.25, 0.3) is 0 Å². The number of aromatic nitrogens is 2. The number of H-pyrrole nitrogens is 1. The molecular formula is C10H16N4O5S. The van der Waals surface area contributed by atoms with Crippen molar-refractivity contribution in [2.45, 2.75) is 29.7 Å². The van der Waals surface area contributed by atoms with Crippen LogP contribution in [-0.4, -0.2) is 62.7 Å². The van der Waals surface area contributed by atoms with Crippen molar-refractivity contribution < 1.29 is 20.1 Å². The lowest BCUT2D eigenvalue weighted by atomic mass is 10.0. The molecule has 1 aliphatic rings. The summed E-state index contributed by atoms with van der Waals surface area (Å²) in [7, 11) is 0. The molecule has 0 aromatic carbocycles. The molecule has 0 aliphatic carbocycles. The summed E-state index contributed by atoms with van der Waals surface area (Å²) in [6, 6.07) is 0. The van der Waals surface area contributed by atoms with Crippen molar-refractivity contribution in [1.29, 1.82) is 0 Å². The molecule has 2 rings (SSSR count). The number of rotatable bonds is 3. The Hall–Kier alpha value is -1.33. The molecule has 112 valence electrons. The van der Waals surface area contributed by atoms with Crippen LogP contribution in [0.5, 0.6) is 0 Å². The number of anilines is 2. The summed E-state index contributed by atoms with van der Waals surface area (Å²) >= 11 is 1.22. The van der Waals surface area contributed by atoms with Crippen LogP contribution in [0.3, 0.4) is 0 Å². The maximum atomic E-state index is 11.8. The van der Waals surface area contributed by atoms with E-state index in [-0.39, 0.29) is 18.1 Å². The van der Waals surface area contributed by atoms with Gasteiger partial charge in [0.2, 0.25) is 0 Å². The Kier molecular flexibility index (Phi) is 4.50. The number of nitrogens with two attached hydrogens (primary N) is 1. The van der Waals surface area contributed by atoms with Crippen LogP contribution in [0.15, 0.2) is 9.95 Å². The number of ether oxygens (including phenoxy) is 1. The normalized spacial score (nSPS) is 30.2. The van der Waals surface area contributed by atoms with Gasteiger partial charge in [-0.3, -0.25) is 9.78 Å². The molecule has 0 radical (unpaired) electrons. The van der Waals surface area contributed by atoms with Gasteiger partial charge in [0.15, 0.2) is 17.2 Å². The Morgan fingerprint density at radius 3 is 2.75 bits per heavy atom. The minimum absolute atomic E-state index is 0.0467. The zero-order valence-corrected chi connectivity index (χ0v) is 11.4. The first kappa shape index (κ1) is 15.1. The highest BCUT2D eigenvalue weighted by atomic mass is 32.2. The van der Waals surface area contributed by atoms with Gasteiger partial charge in [0.05, 0.1) is 6.61 Å². The van der Waals surface area contributed by atoms with Gasteiger partial charge < -0.3 is 31.1 Å². The summed E-state index contributed by atoms with van der Waals surface area (Å²) in [5.74, 6) is -0.0467. The third-order valence-electron chi connectivity index (χ3n) is 2.91. The van der Waals surface area contributed by atoms with Crippen LogP contribution < -0.4 is 16.6 Å². The maximum Gasteiger partial charge on any atom is 0.277 e. The lowest BCUT2D eigenvalue weighted by Crippen LogP contribution is -2.55. The van der Waals surface area contributed by atoms with Crippen LogP contribution in [0.2, 0.25) is 0 Å². The van der Waals surface area contributed by atoms with E-state index in [1.807, 2.05) is 0 Å². The highest BCUT2D eigenvalue weighted by Gasteiger charge is 2.38. The Labute approximate surface area is 118 Å². The van der Waals surface area contributed by atoms with Gasteiger partial charge in [0, 0.05) is 0 Å². The standard InChI is InChI=1S/C10H16N4O5S/c1-20-10-13-7(11)4(8(18)14-10)12-9-6(17)5(16)3(15)2-19-9/h3,5-6,9,12,15-17H,2H2,1H3,(H3,11,13,14,18)/t3-,5+,6-,9-/m1/s1. The predicted molar refractivity (Wildman–Crippen MR) is 72.4 cm³/mol. The van der Waals surface area contributed by atoms with Crippen molar-refractivity contribution in [3.63, 3.8) is 0 Å². The van der Waals surface area contributed by atoms with Gasteiger partial charge in [-0.15, -0.1) is 0 Å². The predicted octanol–water partition coefficient (Wildman–Crippen LogP) is -2.08. The minimum Gasteiger partial charge on any atom is -0.388 e. The molecular weight excluding hydrogens is 288 g/mol. The van der Waals surface area contributed by atoms with Gasteiger partial charge in [-0.25, -0.2) is 4.98 Å². The van der Waals surface area contributed by atoms with E-state index in [1.165, 1.54) is 11.8 Å². The molecule has 0 amide bonds. The number of nitrogen functional groups attached to an aromatic ring is 1. The summed E-state index contributed by atoms with van der Waals surface area (Å²) in [5, 5.41) is 31.6. The van der Waals surface area contributed by atoms with E-state index in [4.69, 9.17) is 10.5 Å². The first-order valence-electron chi connectivity index (χ1n) is 5.80. The molecule has 4 atom stereocenters. The summed E-state index contributed by atoms with van der Waals surface area (Å²) in [6.07, 6.45) is -3.30. The van der Waals surface area contributed by atoms with E-state index < -0.39 is 30.1 Å². The Balaban J connectivity index is 2.20. The van der Waals surface area contributed by atoms with E-state index in [9.17, 15) is 20.1 Å². The third-order valence-corrected chi connectivity index (χ3v) is 3.49. The van der Waals surface area contributed by atoms with E-state index in [0.717, 1.165) is 0 Å². The number of thioether (sulfide) groups is 1. The number of hydrogen-bond acceptors (Lipinski definition) is 9. The molecule has 20 heavy (non-hydrogen) atoms. The lowest BCUT2D eigenvalue weighted by Gasteiger charge is -2.35. The molecule has 1 aromatic rings. The van der Waals surface area contributed by atoms with Crippen LogP contribution >= 0.6 is 11.8 Å². The monoisotopic (exact) mass is 304 g/mol. The largest absolute Gasteiger partial charge is 0.388 e. The number of nitrogens with one attached hydrogen (secondary N) is 2. The van der Waals surface area contributed by atoms with Crippen LogP contribution in [0.4, 0.5) is 11.5 Å². The van der Waals surface area contributed by atoms with Gasteiger partial charge >= 0.3 is 0 Å². The molecule has 2 heterocycles. The molecule has 0 saturated carbocycles. The Morgan fingerprint density at radius 1 is 1.45 bits per heavy atom. The molecule has 0 spiro atoms. The second-order valence-corrected chi connectivity index (χ2v) is 5.08. The molecule has 10 heteroatoms. The fraction of sp³-hybridized carbons (Fsp3) is 0.600. The van der Waals surface area contributed by atoms with Crippen LogP contribution in [0, 0.1) is 0 Å². The van der Waals surface area contributed by atoms with Crippen LogP contribution in [-0.2, 0) is 4.74 Å². The maximum absolute atomic E-state index is 11.8. The molecule has 7 N–H and O–H groups in total. The molecule has 0 unspecified atom stereocenters. The third kappa shape index (κ3) is 2.88. The molecule has 1 aromatic heterocycles. The van der Waals surface area contributed by atoms with Crippen molar-refractivity contribution in [3.8, 4) is 0 Å². The Morgan fingerprint density at radius 2 is 2.15 bits per heavy atom. The molecule has 1 aliphatic heterocycles. The van der Waals surface area contributed by atoms with Crippen molar-refractivity contribution in [2.24, 2.45) is 0 Å². The average Bonchev–Trinajstić information content (AvgIpc) is 2.42. The first-order valence-corrected chi connectivity index (χ1v) is 7.02. The van der Waals surface area contributed by atoms with Gasteiger partial charge in [-0.05, 0) is 6.26 Å². The second-order valence-electron chi connectivity index (χ2n) is 4.28. The number of aliphatic hydroxyl groups is 3. The minimum atomic E-state index is -1.40. The van der Waals surface area contributed by atoms with E-state index in [1.54, 1.807) is 6.26 Å². The topological polar surface area (TPSA) is 154 Å². The number of aliphatic hydroxyl groups excluding tert-OH is 3. The summed E-state index contributed by atoms with van der Waals surface area (Å²) in [4.78, 5) is 18.3. The van der Waals surface area contributed by atoms with Crippen LogP contribution in [0.1, 0.15) is 0 Å². The van der Waals surface area contributed by atoms with Crippen molar-refractivity contribution >= 4 is 23.3 Å².